The molecular formula is C14H22N2O2S2. The van der Waals surface area contributed by atoms with Crippen molar-refractivity contribution in [3.05, 3.63) is 29.8 Å². The van der Waals surface area contributed by atoms with Gasteiger partial charge in [-0.1, -0.05) is 50.7 Å². The minimum atomic E-state index is -3.61. The Labute approximate surface area is 126 Å². The number of nitrogens with two attached hydrogens (primary N) is 1. The highest BCUT2D eigenvalue weighted by atomic mass is 32.2. The minimum Gasteiger partial charge on any atom is -0.389 e. The van der Waals surface area contributed by atoms with Gasteiger partial charge in [0.2, 0.25) is 10.0 Å². The van der Waals surface area contributed by atoms with Gasteiger partial charge in [0.15, 0.2) is 0 Å². The molecule has 4 nitrogen and oxygen atoms in total. The summed E-state index contributed by atoms with van der Waals surface area (Å²) in [5.41, 5.74) is 5.96. The van der Waals surface area contributed by atoms with Crippen LogP contribution in [0.25, 0.3) is 0 Å². The zero-order chi connectivity index (χ0) is 15.3. The molecule has 1 aromatic carbocycles. The number of hydrogen-bond donors (Lipinski definition) is 2. The SMILES string of the molecule is CCC(C)CC(C)NS(=O)(=O)c1ccccc1C(N)=S. The Morgan fingerprint density at radius 1 is 1.35 bits per heavy atom. The minimum absolute atomic E-state index is 0.0838. The second-order valence-electron chi connectivity index (χ2n) is 5.13. The maximum atomic E-state index is 12.4. The topological polar surface area (TPSA) is 72.2 Å². The Hall–Kier alpha value is -0.980. The van der Waals surface area contributed by atoms with Crippen molar-refractivity contribution in [1.29, 1.82) is 0 Å². The smallest absolute Gasteiger partial charge is 0.241 e. The number of rotatable bonds is 7. The van der Waals surface area contributed by atoms with Gasteiger partial charge in [-0.15, -0.1) is 0 Å². The maximum Gasteiger partial charge on any atom is 0.241 e. The molecule has 0 bridgehead atoms. The molecule has 2 atom stereocenters. The average Bonchev–Trinajstić information content (AvgIpc) is 2.37. The summed E-state index contributed by atoms with van der Waals surface area (Å²) < 4.78 is 27.5. The lowest BCUT2D eigenvalue weighted by molar-refractivity contribution is 0.445. The third-order valence-corrected chi connectivity index (χ3v) is 5.12. The first kappa shape index (κ1) is 17.1. The van der Waals surface area contributed by atoms with E-state index in [9.17, 15) is 8.42 Å². The van der Waals surface area contributed by atoms with E-state index in [1.807, 2.05) is 6.92 Å². The van der Waals surface area contributed by atoms with Crippen LogP contribution in [0, 0.1) is 5.92 Å². The molecule has 0 radical (unpaired) electrons. The monoisotopic (exact) mass is 314 g/mol. The number of hydrogen-bond acceptors (Lipinski definition) is 3. The summed E-state index contributed by atoms with van der Waals surface area (Å²) in [6.45, 7) is 6.06. The first-order chi connectivity index (χ1) is 9.27. The van der Waals surface area contributed by atoms with Gasteiger partial charge >= 0.3 is 0 Å². The zero-order valence-corrected chi connectivity index (χ0v) is 13.7. The fourth-order valence-corrected chi connectivity index (χ4v) is 3.77. The molecule has 2 unspecified atom stereocenters. The van der Waals surface area contributed by atoms with Crippen LogP contribution in [0.3, 0.4) is 0 Å². The lowest BCUT2D eigenvalue weighted by atomic mass is 10.0. The van der Waals surface area contributed by atoms with E-state index in [-0.39, 0.29) is 15.9 Å². The molecular weight excluding hydrogens is 292 g/mol. The van der Waals surface area contributed by atoms with Gasteiger partial charge in [-0.2, -0.15) is 0 Å². The number of thiocarbonyl (C=S) groups is 1. The predicted molar refractivity (Wildman–Crippen MR) is 86.2 cm³/mol. The molecule has 20 heavy (non-hydrogen) atoms. The fourth-order valence-electron chi connectivity index (χ4n) is 2.05. The summed E-state index contributed by atoms with van der Waals surface area (Å²) in [4.78, 5) is 0.226. The van der Waals surface area contributed by atoms with Gasteiger partial charge in [-0.3, -0.25) is 0 Å². The van der Waals surface area contributed by atoms with Crippen molar-refractivity contribution in [3.8, 4) is 0 Å². The largest absolute Gasteiger partial charge is 0.389 e. The molecule has 0 saturated carbocycles. The van der Waals surface area contributed by atoms with Gasteiger partial charge in [0, 0.05) is 11.6 Å². The van der Waals surface area contributed by atoms with Crippen molar-refractivity contribution in [1.82, 2.24) is 4.72 Å². The number of sulfonamides is 1. The molecule has 0 aliphatic rings. The lowest BCUT2D eigenvalue weighted by Crippen LogP contribution is -2.34. The van der Waals surface area contributed by atoms with Crippen molar-refractivity contribution >= 4 is 27.2 Å². The van der Waals surface area contributed by atoms with Crippen LogP contribution in [0.5, 0.6) is 0 Å². The fraction of sp³-hybridized carbons (Fsp3) is 0.500. The average molecular weight is 314 g/mol. The Balaban J connectivity index is 2.97. The maximum absolute atomic E-state index is 12.4. The van der Waals surface area contributed by atoms with Crippen LogP contribution < -0.4 is 10.5 Å². The van der Waals surface area contributed by atoms with Crippen LogP contribution in [-0.4, -0.2) is 19.4 Å². The quantitative estimate of drug-likeness (QED) is 0.758. The van der Waals surface area contributed by atoms with E-state index in [0.29, 0.717) is 11.5 Å². The highest BCUT2D eigenvalue weighted by Crippen LogP contribution is 2.17. The summed E-state index contributed by atoms with van der Waals surface area (Å²) in [7, 11) is -3.61. The molecule has 0 spiro atoms. The first-order valence-electron chi connectivity index (χ1n) is 6.69. The third-order valence-electron chi connectivity index (χ3n) is 3.25. The molecule has 1 aromatic rings. The standard InChI is InChI=1S/C14H22N2O2S2/c1-4-10(2)9-11(3)16-20(17,18)13-8-6-5-7-12(13)14(15)19/h5-8,10-11,16H,4,9H2,1-3H3,(H2,15,19). The first-order valence-corrected chi connectivity index (χ1v) is 8.58. The number of benzene rings is 1. The number of nitrogens with one attached hydrogen (secondary N) is 1. The summed E-state index contributed by atoms with van der Waals surface area (Å²) in [6, 6.07) is 6.39. The van der Waals surface area contributed by atoms with Gasteiger partial charge in [0.05, 0.1) is 4.90 Å². The van der Waals surface area contributed by atoms with Crippen LogP contribution in [-0.2, 0) is 10.0 Å². The van der Waals surface area contributed by atoms with Gasteiger partial charge in [-0.05, 0) is 25.3 Å². The van der Waals surface area contributed by atoms with Crippen molar-refractivity contribution in [2.45, 2.75) is 44.6 Å². The van der Waals surface area contributed by atoms with Crippen LogP contribution >= 0.6 is 12.2 Å². The van der Waals surface area contributed by atoms with E-state index < -0.39 is 10.0 Å². The van der Waals surface area contributed by atoms with Gasteiger partial charge in [-0.25, -0.2) is 13.1 Å². The molecule has 0 aromatic heterocycles. The Morgan fingerprint density at radius 2 is 1.95 bits per heavy atom. The van der Waals surface area contributed by atoms with E-state index in [1.54, 1.807) is 18.2 Å². The van der Waals surface area contributed by atoms with Crippen LogP contribution in [0.15, 0.2) is 29.2 Å². The highest BCUT2D eigenvalue weighted by molar-refractivity contribution is 7.89. The lowest BCUT2D eigenvalue weighted by Gasteiger charge is -2.18. The van der Waals surface area contributed by atoms with Crippen molar-refractivity contribution in [2.75, 3.05) is 0 Å². The van der Waals surface area contributed by atoms with Gasteiger partial charge in [0.1, 0.15) is 4.99 Å². The molecule has 0 aliphatic heterocycles. The van der Waals surface area contributed by atoms with Gasteiger partial charge in [0.25, 0.3) is 0 Å². The Morgan fingerprint density at radius 3 is 2.50 bits per heavy atom. The van der Waals surface area contributed by atoms with Crippen molar-refractivity contribution < 1.29 is 8.42 Å². The summed E-state index contributed by atoms with van der Waals surface area (Å²) >= 11 is 4.91. The van der Waals surface area contributed by atoms with Crippen molar-refractivity contribution in [3.63, 3.8) is 0 Å². The van der Waals surface area contributed by atoms with Gasteiger partial charge < -0.3 is 5.73 Å². The van der Waals surface area contributed by atoms with E-state index in [4.69, 9.17) is 18.0 Å². The second-order valence-corrected chi connectivity index (χ2v) is 7.25. The molecule has 112 valence electrons. The molecule has 0 heterocycles. The molecule has 0 aliphatic carbocycles. The molecule has 0 amide bonds. The summed E-state index contributed by atoms with van der Waals surface area (Å²) in [5.74, 6) is 0.471. The second kappa shape index (κ2) is 7.15. The van der Waals surface area contributed by atoms with E-state index in [1.165, 1.54) is 6.07 Å². The normalized spacial score (nSPS) is 14.8. The molecule has 3 N–H and O–H groups in total. The Kier molecular flexibility index (Phi) is 6.10. The predicted octanol–water partition coefficient (Wildman–Crippen LogP) is 2.42. The summed E-state index contributed by atoms with van der Waals surface area (Å²) in [5, 5.41) is 0. The third kappa shape index (κ3) is 4.54. The zero-order valence-electron chi connectivity index (χ0n) is 12.1. The molecule has 0 saturated heterocycles. The van der Waals surface area contributed by atoms with Crippen LogP contribution in [0.1, 0.15) is 39.2 Å². The van der Waals surface area contributed by atoms with E-state index in [0.717, 1.165) is 12.8 Å². The van der Waals surface area contributed by atoms with E-state index >= 15 is 0 Å². The molecule has 1 rings (SSSR count). The van der Waals surface area contributed by atoms with Crippen LogP contribution in [0.2, 0.25) is 0 Å². The summed E-state index contributed by atoms with van der Waals surface area (Å²) in [6.07, 6.45) is 1.82. The highest BCUT2D eigenvalue weighted by Gasteiger charge is 2.22. The van der Waals surface area contributed by atoms with E-state index in [2.05, 4.69) is 18.6 Å². The Bertz CT molecular complexity index is 570. The van der Waals surface area contributed by atoms with Crippen molar-refractivity contribution in [2.24, 2.45) is 11.7 Å². The van der Waals surface area contributed by atoms with Crippen LogP contribution in [0.4, 0.5) is 0 Å². The molecule has 6 heteroatoms. The molecule has 0 fully saturated rings.